The molecule has 146 valence electrons. The Morgan fingerprint density at radius 1 is 1.10 bits per heavy atom. The van der Waals surface area contributed by atoms with E-state index in [1.54, 1.807) is 10.7 Å². The number of para-hydroxylation sites is 1. The number of anilines is 1. The molecule has 0 unspecified atom stereocenters. The Kier molecular flexibility index (Phi) is 5.22. The molecule has 2 heterocycles. The van der Waals surface area contributed by atoms with Gasteiger partial charge in [-0.05, 0) is 26.0 Å². The lowest BCUT2D eigenvalue weighted by molar-refractivity contribution is -0.116. The van der Waals surface area contributed by atoms with Gasteiger partial charge in [0.15, 0.2) is 5.13 Å². The molecule has 0 saturated heterocycles. The van der Waals surface area contributed by atoms with Crippen molar-refractivity contribution in [3.63, 3.8) is 0 Å². The summed E-state index contributed by atoms with van der Waals surface area (Å²) in [5.41, 5.74) is 3.72. The first-order valence-electron chi connectivity index (χ1n) is 9.30. The van der Waals surface area contributed by atoms with Crippen LogP contribution in [0.4, 0.5) is 5.13 Å². The van der Waals surface area contributed by atoms with Crippen LogP contribution in [-0.2, 0) is 11.3 Å². The second-order valence-electron chi connectivity index (χ2n) is 6.84. The number of amides is 1. The molecule has 0 aliphatic rings. The van der Waals surface area contributed by atoms with Crippen molar-refractivity contribution < 1.29 is 4.79 Å². The molecule has 7 heteroatoms. The van der Waals surface area contributed by atoms with Crippen LogP contribution in [0, 0.1) is 13.8 Å². The number of nitrogens with zero attached hydrogens (tertiary/aromatic N) is 3. The third kappa shape index (κ3) is 4.09. The van der Waals surface area contributed by atoms with Gasteiger partial charge in [0.25, 0.3) is 0 Å². The first-order valence-corrected chi connectivity index (χ1v) is 10.1. The minimum atomic E-state index is -0.140. The fourth-order valence-electron chi connectivity index (χ4n) is 3.16. The van der Waals surface area contributed by atoms with Crippen LogP contribution in [0.25, 0.3) is 22.2 Å². The van der Waals surface area contributed by atoms with Crippen LogP contribution in [0.5, 0.6) is 0 Å². The van der Waals surface area contributed by atoms with E-state index < -0.39 is 0 Å². The summed E-state index contributed by atoms with van der Waals surface area (Å²) < 4.78 is 1.68. The zero-order valence-corrected chi connectivity index (χ0v) is 17.0. The van der Waals surface area contributed by atoms with Gasteiger partial charge in [0.05, 0.1) is 24.0 Å². The quantitative estimate of drug-likeness (QED) is 0.542. The van der Waals surface area contributed by atoms with Crippen LogP contribution in [0.2, 0.25) is 0 Å². The number of aryl methyl sites for hydroxylation is 3. The predicted molar refractivity (Wildman–Crippen MR) is 116 cm³/mol. The maximum absolute atomic E-state index is 12.4. The Balaban J connectivity index is 1.46. The molecule has 29 heavy (non-hydrogen) atoms. The highest BCUT2D eigenvalue weighted by Gasteiger charge is 2.13. The molecule has 0 atom stereocenters. The summed E-state index contributed by atoms with van der Waals surface area (Å²) in [5.74, 6) is -0.140. The Morgan fingerprint density at radius 3 is 2.66 bits per heavy atom. The van der Waals surface area contributed by atoms with Crippen molar-refractivity contribution in [3.05, 3.63) is 75.4 Å². The fourth-order valence-corrected chi connectivity index (χ4v) is 4.01. The highest BCUT2D eigenvalue weighted by atomic mass is 32.1. The van der Waals surface area contributed by atoms with Crippen LogP contribution in [0.1, 0.15) is 16.9 Å². The van der Waals surface area contributed by atoms with Gasteiger partial charge in [-0.15, -0.1) is 11.3 Å². The van der Waals surface area contributed by atoms with E-state index in [1.807, 2.05) is 56.3 Å². The zero-order chi connectivity index (χ0) is 20.4. The smallest absolute Gasteiger partial charge is 0.228 e. The van der Waals surface area contributed by atoms with Gasteiger partial charge in [-0.3, -0.25) is 14.3 Å². The number of nitrogens with one attached hydrogen (secondary N) is 1. The van der Waals surface area contributed by atoms with Crippen molar-refractivity contribution in [2.24, 2.45) is 0 Å². The van der Waals surface area contributed by atoms with Gasteiger partial charge in [0.2, 0.25) is 11.3 Å². The van der Waals surface area contributed by atoms with Crippen LogP contribution in [-0.4, -0.2) is 20.7 Å². The number of hydrogen-bond acceptors (Lipinski definition) is 5. The number of carbonyl (C=O) groups is 1. The SMILES string of the molecule is Cc1ccc(-c2nc(NC(=O)CCn3ncc(=O)c4ccccc43)sc2C)cc1. The second-order valence-corrected chi connectivity index (χ2v) is 8.04. The van der Waals surface area contributed by atoms with Crippen LogP contribution >= 0.6 is 11.3 Å². The normalized spacial score (nSPS) is 11.0. The summed E-state index contributed by atoms with van der Waals surface area (Å²) in [6.07, 6.45) is 1.52. The van der Waals surface area contributed by atoms with Crippen molar-refractivity contribution in [2.45, 2.75) is 26.8 Å². The largest absolute Gasteiger partial charge is 0.302 e. The van der Waals surface area contributed by atoms with E-state index in [0.717, 1.165) is 21.7 Å². The van der Waals surface area contributed by atoms with Crippen LogP contribution in [0.3, 0.4) is 0 Å². The molecule has 0 fully saturated rings. The molecule has 2 aromatic carbocycles. The van der Waals surface area contributed by atoms with Gasteiger partial charge < -0.3 is 5.32 Å². The minimum absolute atomic E-state index is 0.122. The molecule has 4 rings (SSSR count). The minimum Gasteiger partial charge on any atom is -0.302 e. The number of thiazole rings is 1. The monoisotopic (exact) mass is 404 g/mol. The first-order chi connectivity index (χ1) is 14.0. The lowest BCUT2D eigenvalue weighted by Gasteiger charge is -2.08. The van der Waals surface area contributed by atoms with E-state index >= 15 is 0 Å². The van der Waals surface area contributed by atoms with E-state index in [9.17, 15) is 9.59 Å². The van der Waals surface area contributed by atoms with Crippen molar-refractivity contribution in [3.8, 4) is 11.3 Å². The van der Waals surface area contributed by atoms with Gasteiger partial charge in [0.1, 0.15) is 0 Å². The van der Waals surface area contributed by atoms with E-state index in [0.29, 0.717) is 17.1 Å². The molecule has 0 aliphatic carbocycles. The summed E-state index contributed by atoms with van der Waals surface area (Å²) in [4.78, 5) is 30.0. The van der Waals surface area contributed by atoms with Crippen molar-refractivity contribution in [1.82, 2.24) is 14.8 Å². The fraction of sp³-hybridized carbons (Fsp3) is 0.182. The van der Waals surface area contributed by atoms with Gasteiger partial charge in [-0.2, -0.15) is 5.10 Å². The summed E-state index contributed by atoms with van der Waals surface area (Å²) in [7, 11) is 0. The summed E-state index contributed by atoms with van der Waals surface area (Å²) >= 11 is 1.46. The van der Waals surface area contributed by atoms with Crippen molar-refractivity contribution in [1.29, 1.82) is 0 Å². The second kappa shape index (κ2) is 7.97. The van der Waals surface area contributed by atoms with Gasteiger partial charge in [0, 0.05) is 22.2 Å². The molecule has 6 nitrogen and oxygen atoms in total. The molecule has 0 aliphatic heterocycles. The standard InChI is InChI=1S/C22H20N4O2S/c1-14-7-9-16(10-8-14)21-15(2)29-22(25-21)24-20(28)11-12-26-18-6-4-3-5-17(18)19(27)13-23-26/h3-10,13H,11-12H2,1-2H3,(H,24,25,28). The Morgan fingerprint density at radius 2 is 1.86 bits per heavy atom. The Hall–Kier alpha value is -3.32. The predicted octanol–water partition coefficient (Wildman–Crippen LogP) is 4.17. The molecule has 0 saturated carbocycles. The van der Waals surface area contributed by atoms with Gasteiger partial charge >= 0.3 is 0 Å². The molecule has 1 N–H and O–H groups in total. The van der Waals surface area contributed by atoms with Crippen LogP contribution < -0.4 is 10.7 Å². The van der Waals surface area contributed by atoms with Gasteiger partial charge in [-0.1, -0.05) is 42.0 Å². The lowest BCUT2D eigenvalue weighted by atomic mass is 10.1. The molecular formula is C22H20N4O2S. The third-order valence-corrected chi connectivity index (χ3v) is 5.57. The molecule has 2 aromatic heterocycles. The average molecular weight is 404 g/mol. The highest BCUT2D eigenvalue weighted by Crippen LogP contribution is 2.30. The summed E-state index contributed by atoms with van der Waals surface area (Å²) in [6.45, 7) is 4.42. The number of aromatic nitrogens is 3. The maximum atomic E-state index is 12.4. The Labute approximate surface area is 171 Å². The maximum Gasteiger partial charge on any atom is 0.228 e. The Bertz CT molecular complexity index is 1240. The van der Waals surface area contributed by atoms with Gasteiger partial charge in [-0.25, -0.2) is 4.98 Å². The number of carbonyl (C=O) groups excluding carboxylic acids is 1. The summed E-state index contributed by atoms with van der Waals surface area (Å²) in [6, 6.07) is 15.4. The molecule has 1 amide bonds. The first kappa shape index (κ1) is 19.0. The van der Waals surface area contributed by atoms with E-state index in [4.69, 9.17) is 0 Å². The lowest BCUT2D eigenvalue weighted by Crippen LogP contribution is -2.17. The number of fused-ring (bicyclic) bond motifs is 1. The van der Waals surface area contributed by atoms with Crippen molar-refractivity contribution in [2.75, 3.05) is 5.32 Å². The van der Waals surface area contributed by atoms with Crippen LogP contribution in [0.15, 0.2) is 59.5 Å². The number of rotatable bonds is 5. The highest BCUT2D eigenvalue weighted by molar-refractivity contribution is 7.16. The number of hydrogen-bond donors (Lipinski definition) is 1. The zero-order valence-electron chi connectivity index (χ0n) is 16.2. The summed E-state index contributed by atoms with van der Waals surface area (Å²) in [5, 5.41) is 8.22. The third-order valence-electron chi connectivity index (χ3n) is 4.68. The van der Waals surface area contributed by atoms with Crippen molar-refractivity contribution >= 4 is 33.3 Å². The number of benzene rings is 2. The van der Waals surface area contributed by atoms with E-state index in [2.05, 4.69) is 15.4 Å². The van der Waals surface area contributed by atoms with E-state index in [-0.39, 0.29) is 17.8 Å². The van der Waals surface area contributed by atoms with E-state index in [1.165, 1.54) is 23.1 Å². The molecular weight excluding hydrogens is 384 g/mol. The average Bonchev–Trinajstić information content (AvgIpc) is 3.08. The molecule has 0 spiro atoms. The molecule has 4 aromatic rings. The molecule has 0 radical (unpaired) electrons. The topological polar surface area (TPSA) is 76.9 Å². The molecule has 0 bridgehead atoms.